The average Bonchev–Trinajstić information content (AvgIpc) is 2.34. The molecule has 17 heavy (non-hydrogen) atoms. The van der Waals surface area contributed by atoms with Crippen molar-refractivity contribution >= 4 is 27.7 Å². The Bertz CT molecular complexity index is 320. The second kappa shape index (κ2) is 8.95. The molecule has 0 aliphatic heterocycles. The zero-order chi connectivity index (χ0) is 12.5. The van der Waals surface area contributed by atoms with Gasteiger partial charge < -0.3 is 5.32 Å². The van der Waals surface area contributed by atoms with Crippen molar-refractivity contribution in [1.82, 2.24) is 10.3 Å². The highest BCUT2D eigenvalue weighted by molar-refractivity contribution is 9.10. The number of aromatic nitrogens is 1. The largest absolute Gasteiger partial charge is 0.314 e. The van der Waals surface area contributed by atoms with Crippen LogP contribution < -0.4 is 5.32 Å². The molecule has 1 atom stereocenters. The molecular formula is C13H21BrN2S. The summed E-state index contributed by atoms with van der Waals surface area (Å²) in [6.45, 7) is 5.59. The number of rotatable bonds is 8. The van der Waals surface area contributed by atoms with Crippen LogP contribution >= 0.6 is 27.7 Å². The van der Waals surface area contributed by atoms with Gasteiger partial charge in [-0.3, -0.25) is 0 Å². The first-order chi connectivity index (χ1) is 8.24. The number of pyridine rings is 1. The molecule has 0 fully saturated rings. The molecule has 0 aliphatic carbocycles. The molecule has 0 aromatic carbocycles. The van der Waals surface area contributed by atoms with E-state index < -0.39 is 0 Å². The molecule has 0 amide bonds. The summed E-state index contributed by atoms with van der Waals surface area (Å²) in [4.78, 5) is 4.34. The van der Waals surface area contributed by atoms with Gasteiger partial charge in [0.15, 0.2) is 0 Å². The van der Waals surface area contributed by atoms with Crippen molar-refractivity contribution in [3.05, 3.63) is 22.8 Å². The van der Waals surface area contributed by atoms with Crippen LogP contribution in [0, 0.1) is 0 Å². The van der Waals surface area contributed by atoms with Crippen LogP contribution in [0.5, 0.6) is 0 Å². The first kappa shape index (κ1) is 15.0. The van der Waals surface area contributed by atoms with E-state index in [4.69, 9.17) is 0 Å². The van der Waals surface area contributed by atoms with Gasteiger partial charge in [-0.05, 0) is 66.5 Å². The number of halogens is 1. The number of hydrogen-bond acceptors (Lipinski definition) is 3. The standard InChI is InChI=1S/C13H21BrN2S/c1-3-8-15-11(2)6-5-10-17-13-12(14)7-4-9-16-13/h4,7,9,11,15H,3,5-6,8,10H2,1-2H3. The Morgan fingerprint density at radius 1 is 1.53 bits per heavy atom. The predicted octanol–water partition coefficient (Wildman–Crippen LogP) is 4.10. The van der Waals surface area contributed by atoms with E-state index in [0.717, 1.165) is 21.8 Å². The minimum Gasteiger partial charge on any atom is -0.314 e. The molecular weight excluding hydrogens is 296 g/mol. The van der Waals surface area contributed by atoms with E-state index in [1.165, 1.54) is 19.3 Å². The summed E-state index contributed by atoms with van der Waals surface area (Å²) in [6.07, 6.45) is 5.52. The van der Waals surface area contributed by atoms with Gasteiger partial charge in [0.25, 0.3) is 0 Å². The van der Waals surface area contributed by atoms with Crippen LogP contribution in [-0.4, -0.2) is 23.3 Å². The summed E-state index contributed by atoms with van der Waals surface area (Å²) >= 11 is 5.34. The lowest BCUT2D eigenvalue weighted by molar-refractivity contribution is 0.510. The molecule has 0 saturated heterocycles. The smallest absolute Gasteiger partial charge is 0.110 e. The number of nitrogens with one attached hydrogen (secondary N) is 1. The average molecular weight is 317 g/mol. The van der Waals surface area contributed by atoms with E-state index in [-0.39, 0.29) is 0 Å². The van der Waals surface area contributed by atoms with Gasteiger partial charge in [-0.1, -0.05) is 6.92 Å². The van der Waals surface area contributed by atoms with Gasteiger partial charge in [0.05, 0.1) is 0 Å². The molecule has 1 aromatic heterocycles. The topological polar surface area (TPSA) is 24.9 Å². The van der Waals surface area contributed by atoms with E-state index in [2.05, 4.69) is 40.1 Å². The van der Waals surface area contributed by atoms with Crippen molar-refractivity contribution in [3.8, 4) is 0 Å². The maximum atomic E-state index is 4.34. The van der Waals surface area contributed by atoms with Crippen LogP contribution in [0.25, 0.3) is 0 Å². The lowest BCUT2D eigenvalue weighted by atomic mass is 10.2. The SMILES string of the molecule is CCCNC(C)CCCSc1ncccc1Br. The van der Waals surface area contributed by atoms with E-state index in [9.17, 15) is 0 Å². The summed E-state index contributed by atoms with van der Waals surface area (Å²) in [5.74, 6) is 1.13. The molecule has 0 radical (unpaired) electrons. The molecule has 1 N–H and O–H groups in total. The Morgan fingerprint density at radius 3 is 3.06 bits per heavy atom. The zero-order valence-corrected chi connectivity index (χ0v) is 13.0. The van der Waals surface area contributed by atoms with E-state index >= 15 is 0 Å². The first-order valence-corrected chi connectivity index (χ1v) is 7.98. The molecule has 2 nitrogen and oxygen atoms in total. The molecule has 4 heteroatoms. The second-order valence-corrected chi connectivity index (χ2v) is 6.07. The first-order valence-electron chi connectivity index (χ1n) is 6.20. The van der Waals surface area contributed by atoms with Gasteiger partial charge >= 0.3 is 0 Å². The number of thioether (sulfide) groups is 1. The molecule has 0 aliphatic rings. The highest BCUT2D eigenvalue weighted by Gasteiger charge is 2.03. The van der Waals surface area contributed by atoms with E-state index in [0.29, 0.717) is 6.04 Å². The molecule has 96 valence electrons. The summed E-state index contributed by atoms with van der Waals surface area (Å²) in [5.41, 5.74) is 0. The fraction of sp³-hybridized carbons (Fsp3) is 0.615. The predicted molar refractivity (Wildman–Crippen MR) is 79.7 cm³/mol. The third kappa shape index (κ3) is 6.43. The maximum Gasteiger partial charge on any atom is 0.110 e. The third-order valence-corrected chi connectivity index (χ3v) is 4.48. The van der Waals surface area contributed by atoms with Gasteiger partial charge in [-0.25, -0.2) is 4.98 Å². The summed E-state index contributed by atoms with van der Waals surface area (Å²) < 4.78 is 1.10. The second-order valence-electron chi connectivity index (χ2n) is 4.14. The third-order valence-electron chi connectivity index (χ3n) is 2.49. The van der Waals surface area contributed by atoms with Crippen molar-refractivity contribution in [2.45, 2.75) is 44.2 Å². The fourth-order valence-corrected chi connectivity index (χ4v) is 2.97. The van der Waals surface area contributed by atoms with Gasteiger partial charge in [0.1, 0.15) is 5.03 Å². The van der Waals surface area contributed by atoms with Crippen molar-refractivity contribution in [3.63, 3.8) is 0 Å². The zero-order valence-electron chi connectivity index (χ0n) is 10.6. The van der Waals surface area contributed by atoms with Crippen LogP contribution in [0.4, 0.5) is 0 Å². The number of nitrogens with zero attached hydrogens (tertiary/aromatic N) is 1. The molecule has 1 rings (SSSR count). The Balaban J connectivity index is 2.14. The maximum absolute atomic E-state index is 4.34. The summed E-state index contributed by atoms with van der Waals surface area (Å²) in [6, 6.07) is 4.62. The summed E-state index contributed by atoms with van der Waals surface area (Å²) in [7, 11) is 0. The van der Waals surface area contributed by atoms with Crippen LogP contribution in [0.15, 0.2) is 27.8 Å². The minimum absolute atomic E-state index is 0.628. The van der Waals surface area contributed by atoms with Crippen LogP contribution in [0.2, 0.25) is 0 Å². The van der Waals surface area contributed by atoms with Gasteiger partial charge in [0.2, 0.25) is 0 Å². The van der Waals surface area contributed by atoms with Crippen molar-refractivity contribution < 1.29 is 0 Å². The van der Waals surface area contributed by atoms with Gasteiger partial charge in [0, 0.05) is 16.7 Å². The van der Waals surface area contributed by atoms with E-state index in [1.54, 1.807) is 0 Å². The molecule has 0 saturated carbocycles. The Morgan fingerprint density at radius 2 is 2.35 bits per heavy atom. The lowest BCUT2D eigenvalue weighted by Gasteiger charge is -2.12. The van der Waals surface area contributed by atoms with Crippen molar-refractivity contribution in [1.29, 1.82) is 0 Å². The van der Waals surface area contributed by atoms with Gasteiger partial charge in [-0.2, -0.15) is 0 Å². The molecule has 1 unspecified atom stereocenters. The Hall–Kier alpha value is -0.0600. The Labute approximate surface area is 117 Å². The lowest BCUT2D eigenvalue weighted by Crippen LogP contribution is -2.26. The minimum atomic E-state index is 0.628. The van der Waals surface area contributed by atoms with Crippen LogP contribution in [0.3, 0.4) is 0 Å². The molecule has 0 spiro atoms. The van der Waals surface area contributed by atoms with Gasteiger partial charge in [-0.15, -0.1) is 11.8 Å². The van der Waals surface area contributed by atoms with Crippen molar-refractivity contribution in [2.24, 2.45) is 0 Å². The molecule has 0 bridgehead atoms. The van der Waals surface area contributed by atoms with E-state index in [1.807, 2.05) is 30.1 Å². The molecule has 1 heterocycles. The highest BCUT2D eigenvalue weighted by atomic mass is 79.9. The van der Waals surface area contributed by atoms with Crippen molar-refractivity contribution in [2.75, 3.05) is 12.3 Å². The normalized spacial score (nSPS) is 12.6. The number of hydrogen-bond donors (Lipinski definition) is 1. The summed E-state index contributed by atoms with van der Waals surface area (Å²) in [5, 5.41) is 4.61. The Kier molecular flexibility index (Phi) is 7.90. The highest BCUT2D eigenvalue weighted by Crippen LogP contribution is 2.25. The van der Waals surface area contributed by atoms with Crippen LogP contribution in [-0.2, 0) is 0 Å². The fourth-order valence-electron chi connectivity index (χ4n) is 1.53. The van der Waals surface area contributed by atoms with Crippen LogP contribution in [0.1, 0.15) is 33.1 Å². The quantitative estimate of drug-likeness (QED) is 0.577. The monoisotopic (exact) mass is 316 g/mol. The molecule has 1 aromatic rings.